The fourth-order valence-electron chi connectivity index (χ4n) is 2.40. The molecular weight excluding hydrogens is 224 g/mol. The van der Waals surface area contributed by atoms with Crippen molar-refractivity contribution >= 4 is 0 Å². The summed E-state index contributed by atoms with van der Waals surface area (Å²) >= 11 is 0. The van der Waals surface area contributed by atoms with Gasteiger partial charge < -0.3 is 5.32 Å². The van der Waals surface area contributed by atoms with Gasteiger partial charge in [0.05, 0.1) is 19.3 Å². The molecule has 0 aromatic carbocycles. The minimum absolute atomic E-state index is 0.635. The van der Waals surface area contributed by atoms with Crippen LogP contribution in [0, 0.1) is 19.3 Å². The van der Waals surface area contributed by atoms with E-state index in [-0.39, 0.29) is 0 Å². The van der Waals surface area contributed by atoms with Crippen LogP contribution in [0.4, 0.5) is 0 Å². The third-order valence-corrected chi connectivity index (χ3v) is 3.44. The number of hydrogen-bond acceptors (Lipinski definition) is 3. The Bertz CT molecular complexity index is 396. The van der Waals surface area contributed by atoms with Crippen LogP contribution >= 0.6 is 0 Å². The number of rotatable bonds is 5. The molecule has 0 aliphatic carbocycles. The van der Waals surface area contributed by atoms with Crippen LogP contribution in [-0.2, 0) is 6.54 Å². The lowest BCUT2D eigenvalue weighted by molar-refractivity contribution is 0.217. The van der Waals surface area contributed by atoms with Crippen LogP contribution < -0.4 is 5.32 Å². The smallest absolute Gasteiger partial charge is 0.0598 e. The highest BCUT2D eigenvalue weighted by molar-refractivity contribution is 4.99. The fourth-order valence-corrected chi connectivity index (χ4v) is 2.40. The number of nitrogens with zero attached hydrogens (tertiary/aromatic N) is 3. The highest BCUT2D eigenvalue weighted by Crippen LogP contribution is 2.09. The maximum Gasteiger partial charge on any atom is 0.0598 e. The summed E-state index contributed by atoms with van der Waals surface area (Å²) in [5, 5.41) is 7.88. The highest BCUT2D eigenvalue weighted by Gasteiger charge is 2.17. The van der Waals surface area contributed by atoms with Gasteiger partial charge in [-0.2, -0.15) is 5.10 Å². The minimum Gasteiger partial charge on any atom is -0.312 e. The number of likely N-dealkylation sites (tertiary alicyclic amines) is 1. The van der Waals surface area contributed by atoms with E-state index in [2.05, 4.69) is 34.4 Å². The fraction of sp³-hybridized carbons (Fsp3) is 0.643. The molecule has 1 saturated heterocycles. The summed E-state index contributed by atoms with van der Waals surface area (Å²) in [5.41, 5.74) is 1.22. The summed E-state index contributed by atoms with van der Waals surface area (Å²) in [6.07, 6.45) is 11.7. The van der Waals surface area contributed by atoms with E-state index in [1.807, 2.05) is 10.9 Å². The van der Waals surface area contributed by atoms with Crippen molar-refractivity contribution in [3.05, 3.63) is 18.0 Å². The third kappa shape index (κ3) is 3.86. The lowest BCUT2D eigenvalue weighted by Gasteiger charge is -2.31. The van der Waals surface area contributed by atoms with Gasteiger partial charge in [0.25, 0.3) is 0 Å². The van der Waals surface area contributed by atoms with Gasteiger partial charge in [-0.3, -0.25) is 9.58 Å². The number of aromatic nitrogens is 2. The first-order valence-corrected chi connectivity index (χ1v) is 6.66. The number of hydrogen-bond donors (Lipinski definition) is 1. The molecule has 1 aliphatic rings. The predicted molar refractivity (Wildman–Crippen MR) is 73.3 cm³/mol. The van der Waals surface area contributed by atoms with Gasteiger partial charge in [0.15, 0.2) is 0 Å². The molecule has 0 unspecified atom stereocenters. The molecule has 4 heteroatoms. The first kappa shape index (κ1) is 13.1. The molecule has 2 rings (SSSR count). The van der Waals surface area contributed by atoms with Gasteiger partial charge in [-0.25, -0.2) is 0 Å². The molecular formula is C14H22N4. The molecule has 1 N–H and O–H groups in total. The van der Waals surface area contributed by atoms with Gasteiger partial charge in [-0.05, 0) is 25.3 Å². The number of aryl methyl sites for hydroxylation is 1. The van der Waals surface area contributed by atoms with Crippen LogP contribution in [0.1, 0.15) is 18.4 Å². The van der Waals surface area contributed by atoms with Crippen LogP contribution in [0.15, 0.2) is 12.4 Å². The Morgan fingerprint density at radius 3 is 2.89 bits per heavy atom. The zero-order valence-electron chi connectivity index (χ0n) is 11.1. The van der Waals surface area contributed by atoms with E-state index in [1.54, 1.807) is 0 Å². The Morgan fingerprint density at radius 2 is 2.28 bits per heavy atom. The van der Waals surface area contributed by atoms with Crippen molar-refractivity contribution in [2.24, 2.45) is 0 Å². The molecule has 0 bridgehead atoms. The molecule has 0 amide bonds. The summed E-state index contributed by atoms with van der Waals surface area (Å²) in [4.78, 5) is 2.34. The second kappa shape index (κ2) is 6.58. The molecule has 1 aromatic rings. The first-order valence-electron chi connectivity index (χ1n) is 6.66. The maximum absolute atomic E-state index is 5.32. The standard InChI is InChI=1S/C14H22N4/c1-3-7-17-8-4-14(5-9-17)15-6-10-18-12-13(2)11-16-18/h1,11-12,14-15H,4-10H2,2H3. The second-order valence-corrected chi connectivity index (χ2v) is 4.99. The van der Waals surface area contributed by atoms with E-state index in [0.717, 1.165) is 32.7 Å². The molecule has 0 atom stereocenters. The van der Waals surface area contributed by atoms with Crippen LogP contribution in [-0.4, -0.2) is 46.9 Å². The van der Waals surface area contributed by atoms with E-state index < -0.39 is 0 Å². The average molecular weight is 246 g/mol. The number of terminal acetylenes is 1. The molecule has 4 nitrogen and oxygen atoms in total. The first-order chi connectivity index (χ1) is 8.78. The molecule has 2 heterocycles. The lowest BCUT2D eigenvalue weighted by Crippen LogP contribution is -2.43. The minimum atomic E-state index is 0.635. The molecule has 1 fully saturated rings. The highest BCUT2D eigenvalue weighted by atomic mass is 15.3. The van der Waals surface area contributed by atoms with Gasteiger partial charge in [-0.1, -0.05) is 5.92 Å². The van der Waals surface area contributed by atoms with Crippen molar-refractivity contribution in [1.82, 2.24) is 20.0 Å². The Balaban J connectivity index is 1.62. The van der Waals surface area contributed by atoms with E-state index in [4.69, 9.17) is 6.42 Å². The van der Waals surface area contributed by atoms with E-state index in [1.165, 1.54) is 18.4 Å². The van der Waals surface area contributed by atoms with Gasteiger partial charge in [0, 0.05) is 31.9 Å². The Kier molecular flexibility index (Phi) is 4.80. The van der Waals surface area contributed by atoms with Gasteiger partial charge >= 0.3 is 0 Å². The number of nitrogens with one attached hydrogen (secondary N) is 1. The monoisotopic (exact) mass is 246 g/mol. The van der Waals surface area contributed by atoms with Crippen LogP contribution in [0.3, 0.4) is 0 Å². The molecule has 0 saturated carbocycles. The summed E-state index contributed by atoms with van der Waals surface area (Å²) in [6.45, 7) is 7.02. The van der Waals surface area contributed by atoms with Gasteiger partial charge in [-0.15, -0.1) is 6.42 Å². The zero-order chi connectivity index (χ0) is 12.8. The molecule has 98 valence electrons. The largest absolute Gasteiger partial charge is 0.312 e. The van der Waals surface area contributed by atoms with Crippen molar-refractivity contribution < 1.29 is 0 Å². The normalized spacial score (nSPS) is 17.8. The van der Waals surface area contributed by atoms with Crippen molar-refractivity contribution in [2.75, 3.05) is 26.2 Å². The summed E-state index contributed by atoms with van der Waals surface area (Å²) < 4.78 is 2.00. The van der Waals surface area contributed by atoms with Crippen LogP contribution in [0.25, 0.3) is 0 Å². The average Bonchev–Trinajstić information content (AvgIpc) is 2.78. The van der Waals surface area contributed by atoms with Crippen molar-refractivity contribution in [3.8, 4) is 12.3 Å². The second-order valence-electron chi connectivity index (χ2n) is 4.99. The summed E-state index contributed by atoms with van der Waals surface area (Å²) in [5.74, 6) is 2.71. The van der Waals surface area contributed by atoms with Crippen LogP contribution in [0.2, 0.25) is 0 Å². The summed E-state index contributed by atoms with van der Waals surface area (Å²) in [6, 6.07) is 0.635. The Hall–Kier alpha value is -1.31. The van der Waals surface area contributed by atoms with E-state index in [9.17, 15) is 0 Å². The third-order valence-electron chi connectivity index (χ3n) is 3.44. The van der Waals surface area contributed by atoms with Crippen molar-refractivity contribution in [2.45, 2.75) is 32.4 Å². The molecule has 18 heavy (non-hydrogen) atoms. The SMILES string of the molecule is C#CCN1CCC(NCCn2cc(C)cn2)CC1. The molecule has 0 radical (unpaired) electrons. The Morgan fingerprint density at radius 1 is 1.50 bits per heavy atom. The van der Waals surface area contributed by atoms with E-state index in [0.29, 0.717) is 6.04 Å². The number of piperidine rings is 1. The lowest BCUT2D eigenvalue weighted by atomic mass is 10.1. The topological polar surface area (TPSA) is 33.1 Å². The quantitative estimate of drug-likeness (QED) is 0.783. The maximum atomic E-state index is 5.32. The zero-order valence-corrected chi connectivity index (χ0v) is 11.1. The Labute approximate surface area is 109 Å². The van der Waals surface area contributed by atoms with Crippen molar-refractivity contribution in [3.63, 3.8) is 0 Å². The molecule has 1 aromatic heterocycles. The predicted octanol–water partition coefficient (Wildman–Crippen LogP) is 0.879. The molecule has 0 spiro atoms. The molecule has 1 aliphatic heterocycles. The summed E-state index contributed by atoms with van der Waals surface area (Å²) in [7, 11) is 0. The van der Waals surface area contributed by atoms with Crippen molar-refractivity contribution in [1.29, 1.82) is 0 Å². The van der Waals surface area contributed by atoms with E-state index >= 15 is 0 Å². The van der Waals surface area contributed by atoms with Gasteiger partial charge in [0.1, 0.15) is 0 Å². The van der Waals surface area contributed by atoms with Crippen LogP contribution in [0.5, 0.6) is 0 Å². The van der Waals surface area contributed by atoms with Gasteiger partial charge in [0.2, 0.25) is 0 Å².